The van der Waals surface area contributed by atoms with E-state index < -0.39 is 41.3 Å². The van der Waals surface area contributed by atoms with E-state index in [0.717, 1.165) is 24.7 Å². The van der Waals surface area contributed by atoms with E-state index in [1.807, 2.05) is 30.0 Å². The highest BCUT2D eigenvalue weighted by Crippen LogP contribution is 2.41. The highest BCUT2D eigenvalue weighted by atomic mass is 19.1. The summed E-state index contributed by atoms with van der Waals surface area (Å²) in [5.41, 5.74) is 7.05. The van der Waals surface area contributed by atoms with Gasteiger partial charge in [0.05, 0.1) is 12.1 Å². The third-order valence-corrected chi connectivity index (χ3v) is 7.84. The minimum absolute atomic E-state index is 0.00647. The predicted molar refractivity (Wildman–Crippen MR) is 156 cm³/mol. The summed E-state index contributed by atoms with van der Waals surface area (Å²) in [6, 6.07) is 9.04. The number of benzene rings is 2. The average molecular weight is 595 g/mol. The second kappa shape index (κ2) is 12.2. The summed E-state index contributed by atoms with van der Waals surface area (Å²) >= 11 is 0. The molecular weight excluding hydrogens is 562 g/mol. The van der Waals surface area contributed by atoms with Crippen molar-refractivity contribution in [1.29, 1.82) is 5.41 Å². The lowest BCUT2D eigenvalue weighted by atomic mass is 9.85. The van der Waals surface area contributed by atoms with Crippen molar-refractivity contribution in [2.45, 2.75) is 37.9 Å². The maximum Gasteiger partial charge on any atom is 0.306 e. The van der Waals surface area contributed by atoms with E-state index in [1.165, 1.54) is 18.2 Å². The van der Waals surface area contributed by atoms with Crippen molar-refractivity contribution in [2.75, 3.05) is 25.5 Å². The third-order valence-electron chi connectivity index (χ3n) is 7.84. The van der Waals surface area contributed by atoms with Gasteiger partial charge in [-0.15, -0.1) is 0 Å². The van der Waals surface area contributed by atoms with Crippen molar-refractivity contribution in [1.82, 2.24) is 9.88 Å². The van der Waals surface area contributed by atoms with Gasteiger partial charge >= 0.3 is 5.97 Å². The maximum atomic E-state index is 15.6. The average Bonchev–Trinajstić information content (AvgIpc) is 3.42. The van der Waals surface area contributed by atoms with E-state index in [-0.39, 0.29) is 34.7 Å². The molecule has 1 aliphatic carbocycles. The Kier molecular flexibility index (Phi) is 8.44. The first-order valence-corrected chi connectivity index (χ1v) is 13.7. The molecule has 0 saturated heterocycles. The van der Waals surface area contributed by atoms with Crippen molar-refractivity contribution in [3.63, 3.8) is 0 Å². The van der Waals surface area contributed by atoms with E-state index in [9.17, 15) is 19.4 Å². The molecule has 1 saturated carbocycles. The molecule has 1 fully saturated rings. The van der Waals surface area contributed by atoms with E-state index in [0.29, 0.717) is 24.9 Å². The number of nitrogen functional groups attached to an aromatic ring is 1. The number of nitrogens with two attached hydrogens (primary N) is 1. The van der Waals surface area contributed by atoms with Gasteiger partial charge in [0.1, 0.15) is 17.8 Å². The molecule has 11 nitrogen and oxygen atoms in total. The molecule has 2 aliphatic rings. The minimum Gasteiger partial charge on any atom is -0.504 e. The molecule has 3 atom stereocenters. The molecule has 13 heteroatoms. The smallest absolute Gasteiger partial charge is 0.306 e. The normalized spacial score (nSPS) is 20.1. The topological polar surface area (TPSA) is 158 Å². The number of amidine groups is 1. The van der Waals surface area contributed by atoms with Gasteiger partial charge in [-0.3, -0.25) is 20.1 Å². The second-order valence-corrected chi connectivity index (χ2v) is 10.7. The molecule has 0 amide bonds. The van der Waals surface area contributed by atoms with Crippen molar-refractivity contribution in [3.05, 3.63) is 65.4 Å². The van der Waals surface area contributed by atoms with Crippen LogP contribution in [-0.4, -0.2) is 64.8 Å². The van der Waals surface area contributed by atoms with Crippen molar-refractivity contribution < 1.29 is 33.3 Å². The minimum atomic E-state index is -1.25. The summed E-state index contributed by atoms with van der Waals surface area (Å²) in [6.07, 6.45) is 4.80. The molecule has 1 aromatic heterocycles. The van der Waals surface area contributed by atoms with E-state index in [2.05, 4.69) is 9.98 Å². The molecule has 5 rings (SSSR count). The number of nitrogens with zero attached hydrogens (tertiary/aromatic N) is 4. The molecule has 0 radical (unpaired) electrons. The zero-order chi connectivity index (χ0) is 30.8. The van der Waals surface area contributed by atoms with Crippen LogP contribution in [0.4, 0.5) is 14.5 Å². The number of aromatic hydroxyl groups is 1. The fourth-order valence-electron chi connectivity index (χ4n) is 5.38. The number of halogens is 2. The number of ether oxygens (including phenoxy) is 2. The summed E-state index contributed by atoms with van der Waals surface area (Å²) < 4.78 is 41.9. The Morgan fingerprint density at radius 1 is 1.16 bits per heavy atom. The number of phenolic OH excluding ortho intramolecular Hbond substituents is 1. The number of carboxylic acid groups (broad SMARTS) is 1. The molecule has 3 unspecified atom stereocenters. The van der Waals surface area contributed by atoms with Crippen LogP contribution in [0.3, 0.4) is 0 Å². The molecule has 5 N–H and O–H groups in total. The second-order valence-electron chi connectivity index (χ2n) is 10.7. The monoisotopic (exact) mass is 594 g/mol. The van der Waals surface area contributed by atoms with Gasteiger partial charge in [0.2, 0.25) is 11.6 Å². The zero-order valence-electron chi connectivity index (χ0n) is 23.6. The Labute approximate surface area is 246 Å². The molecule has 0 spiro atoms. The molecule has 0 bridgehead atoms. The number of aliphatic imine (C=N–C) groups is 1. The van der Waals surface area contributed by atoms with Crippen molar-refractivity contribution >= 4 is 23.7 Å². The third kappa shape index (κ3) is 6.21. The highest BCUT2D eigenvalue weighted by Gasteiger charge is 2.31. The van der Waals surface area contributed by atoms with Gasteiger partial charge in [0.25, 0.3) is 5.88 Å². The summed E-state index contributed by atoms with van der Waals surface area (Å²) in [5.74, 6) is -5.71. The lowest BCUT2D eigenvalue weighted by Crippen LogP contribution is -2.38. The van der Waals surface area contributed by atoms with Gasteiger partial charge in [-0.05, 0) is 62.7 Å². The Morgan fingerprint density at radius 3 is 2.65 bits per heavy atom. The predicted octanol–water partition coefficient (Wildman–Crippen LogP) is 5.03. The van der Waals surface area contributed by atoms with Crippen LogP contribution in [0, 0.1) is 23.0 Å². The van der Waals surface area contributed by atoms with Gasteiger partial charge in [0.15, 0.2) is 17.3 Å². The molecule has 2 aromatic carbocycles. The van der Waals surface area contributed by atoms with Crippen LogP contribution in [0.25, 0.3) is 0 Å². The van der Waals surface area contributed by atoms with Crippen LogP contribution in [0.1, 0.15) is 43.0 Å². The first-order valence-electron chi connectivity index (χ1n) is 13.7. The van der Waals surface area contributed by atoms with Crippen LogP contribution in [-0.2, 0) is 4.79 Å². The van der Waals surface area contributed by atoms with E-state index >= 15 is 4.39 Å². The molecule has 3 aromatic rings. The number of aromatic nitrogens is 1. The van der Waals surface area contributed by atoms with Crippen LogP contribution in [0.5, 0.6) is 28.9 Å². The fourth-order valence-corrected chi connectivity index (χ4v) is 5.38. The number of carboxylic acids is 1. The molecule has 226 valence electrons. The molecular formula is C30H32F2N6O5. The first-order chi connectivity index (χ1) is 20.5. The Hall–Kier alpha value is -4.78. The van der Waals surface area contributed by atoms with Gasteiger partial charge in [0, 0.05) is 42.7 Å². The molecule has 2 heterocycles. The molecule has 43 heavy (non-hydrogen) atoms. The number of hydrogen-bond acceptors (Lipinski definition) is 9. The fraction of sp³-hybridized carbons (Fsp3) is 0.333. The van der Waals surface area contributed by atoms with E-state index in [4.69, 9.17) is 20.6 Å². The summed E-state index contributed by atoms with van der Waals surface area (Å²) in [4.78, 5) is 23.8. The number of aliphatic carboxylic acids is 1. The highest BCUT2D eigenvalue weighted by molar-refractivity contribution is 5.95. The van der Waals surface area contributed by atoms with Gasteiger partial charge in [-0.25, -0.2) is 9.37 Å². The molecule has 1 aliphatic heterocycles. The number of hydrogen-bond donors (Lipinski definition) is 4. The number of phenols is 1. The van der Waals surface area contributed by atoms with Crippen molar-refractivity contribution in [2.24, 2.45) is 16.6 Å². The Morgan fingerprint density at radius 2 is 1.95 bits per heavy atom. The summed E-state index contributed by atoms with van der Waals surface area (Å²) in [6.45, 7) is 0.561. The van der Waals surface area contributed by atoms with Crippen LogP contribution in [0.2, 0.25) is 0 Å². The van der Waals surface area contributed by atoms with Crippen LogP contribution < -0.4 is 20.1 Å². The van der Waals surface area contributed by atoms with Crippen LogP contribution >= 0.6 is 0 Å². The summed E-state index contributed by atoms with van der Waals surface area (Å²) in [5, 5.41) is 27.3. The Bertz CT molecular complexity index is 1580. The lowest BCUT2D eigenvalue weighted by molar-refractivity contribution is -0.142. The number of anilines is 1. The summed E-state index contributed by atoms with van der Waals surface area (Å²) in [7, 11) is 3.76. The standard InChI is InChI=1S/C30H32F2N6O5/c1-37-11-10-35-28(37)20-14-19(38(2)18-5-3-4-17(12-18)30(40)41)7-9-23(20)42-26-21(31)15-36-29(25(26)32)43-24-13-16(27(33)34)6-8-22(24)39/h6-10,13-15,17-18,28,39H,3-5,11-12H2,1-2H3,(H3,33,34)(H,40,41). The van der Waals surface area contributed by atoms with Gasteiger partial charge < -0.3 is 30.3 Å². The maximum absolute atomic E-state index is 15.6. The SMILES string of the molecule is CN1CC=NC1c1cc(N(C)C2CCCC(C(=O)O)C2)ccc1Oc1c(F)cnc(Oc2cc(C(=N)N)ccc2O)c1F. The van der Waals surface area contributed by atoms with Gasteiger partial charge in [-0.1, -0.05) is 6.42 Å². The van der Waals surface area contributed by atoms with Crippen molar-refractivity contribution in [3.8, 4) is 28.9 Å². The van der Waals surface area contributed by atoms with E-state index in [1.54, 1.807) is 18.3 Å². The zero-order valence-corrected chi connectivity index (χ0v) is 23.6. The van der Waals surface area contributed by atoms with Crippen LogP contribution in [0.15, 0.2) is 47.6 Å². The Balaban J connectivity index is 1.48. The first kappa shape index (κ1) is 29.7. The number of carbonyl (C=O) groups is 1. The lowest BCUT2D eigenvalue weighted by Gasteiger charge is -2.36. The number of pyridine rings is 1. The van der Waals surface area contributed by atoms with Gasteiger partial charge in [-0.2, -0.15) is 4.39 Å². The number of nitrogens with one attached hydrogen (secondary N) is 1. The largest absolute Gasteiger partial charge is 0.504 e. The quantitative estimate of drug-likeness (QED) is 0.197. The number of rotatable bonds is 9.